The number of rotatable bonds is 8. The topological polar surface area (TPSA) is 102 Å². The number of methoxy groups -OCH3 is 2. The summed E-state index contributed by atoms with van der Waals surface area (Å²) in [6, 6.07) is 13.4. The van der Waals surface area contributed by atoms with E-state index < -0.39 is 10.0 Å². The number of sulfonamides is 1. The van der Waals surface area contributed by atoms with Gasteiger partial charge in [-0.2, -0.15) is 4.31 Å². The van der Waals surface area contributed by atoms with Crippen LogP contribution in [0.1, 0.15) is 28.8 Å². The summed E-state index contributed by atoms with van der Waals surface area (Å²) < 4.78 is 39.1. The third kappa shape index (κ3) is 4.89. The molecule has 1 saturated heterocycles. The first-order valence-electron chi connectivity index (χ1n) is 11.7. The lowest BCUT2D eigenvalue weighted by molar-refractivity contribution is 0.0985. The van der Waals surface area contributed by atoms with Gasteiger partial charge in [0, 0.05) is 31.0 Å². The Balaban J connectivity index is 1.53. The van der Waals surface area contributed by atoms with E-state index in [-0.39, 0.29) is 17.3 Å². The zero-order chi connectivity index (χ0) is 26.0. The van der Waals surface area contributed by atoms with Gasteiger partial charge in [-0.1, -0.05) is 17.4 Å². The molecule has 1 aliphatic heterocycles. The maximum atomic E-state index is 13.8. The molecule has 0 saturated carbocycles. The first-order chi connectivity index (χ1) is 17.9. The van der Waals surface area contributed by atoms with E-state index in [1.165, 1.54) is 27.8 Å². The molecule has 2 aromatic carbocycles. The molecule has 9 nitrogen and oxygen atoms in total. The van der Waals surface area contributed by atoms with E-state index in [0.717, 1.165) is 23.1 Å². The summed E-state index contributed by atoms with van der Waals surface area (Å²) in [7, 11) is -0.426. The van der Waals surface area contributed by atoms with Gasteiger partial charge in [0.2, 0.25) is 10.0 Å². The number of anilines is 1. The van der Waals surface area contributed by atoms with Crippen molar-refractivity contribution in [3.05, 3.63) is 72.1 Å². The molecular formula is C26H26N4O5S2. The molecule has 0 aliphatic carbocycles. The highest BCUT2D eigenvalue weighted by molar-refractivity contribution is 7.89. The molecule has 0 atom stereocenters. The molecule has 0 spiro atoms. The second kappa shape index (κ2) is 10.4. The van der Waals surface area contributed by atoms with Crippen LogP contribution in [0.15, 0.2) is 65.8 Å². The molecule has 1 aliphatic rings. The molecule has 0 bridgehead atoms. The van der Waals surface area contributed by atoms with Gasteiger partial charge in [0.05, 0.1) is 25.7 Å². The summed E-state index contributed by atoms with van der Waals surface area (Å²) in [5.41, 5.74) is 1.77. The van der Waals surface area contributed by atoms with Crippen molar-refractivity contribution in [2.45, 2.75) is 24.3 Å². The zero-order valence-corrected chi connectivity index (χ0v) is 22.1. The van der Waals surface area contributed by atoms with Gasteiger partial charge in [-0.3, -0.25) is 14.7 Å². The Kier molecular flexibility index (Phi) is 7.09. The molecule has 3 heterocycles. The van der Waals surface area contributed by atoms with Crippen molar-refractivity contribution in [3.8, 4) is 11.5 Å². The average Bonchev–Trinajstić information content (AvgIpc) is 3.63. The summed E-state index contributed by atoms with van der Waals surface area (Å²) in [6.45, 7) is 1.27. The van der Waals surface area contributed by atoms with Gasteiger partial charge in [-0.15, -0.1) is 0 Å². The van der Waals surface area contributed by atoms with Crippen LogP contribution in [0, 0.1) is 0 Å². The van der Waals surface area contributed by atoms with Crippen molar-refractivity contribution in [1.82, 2.24) is 14.3 Å². The number of hydrogen-bond donors (Lipinski definition) is 0. The van der Waals surface area contributed by atoms with Crippen molar-refractivity contribution in [1.29, 1.82) is 0 Å². The molecule has 37 heavy (non-hydrogen) atoms. The maximum absolute atomic E-state index is 13.8. The number of nitrogens with zero attached hydrogens (tertiary/aromatic N) is 4. The molecule has 0 unspecified atom stereocenters. The van der Waals surface area contributed by atoms with Crippen molar-refractivity contribution in [2.24, 2.45) is 0 Å². The van der Waals surface area contributed by atoms with Crippen LogP contribution >= 0.6 is 11.3 Å². The number of hydrogen-bond acceptors (Lipinski definition) is 8. The van der Waals surface area contributed by atoms with E-state index in [0.29, 0.717) is 40.8 Å². The van der Waals surface area contributed by atoms with Crippen LogP contribution in [0.5, 0.6) is 11.5 Å². The predicted octanol–water partition coefficient (Wildman–Crippen LogP) is 4.34. The van der Waals surface area contributed by atoms with Gasteiger partial charge < -0.3 is 9.47 Å². The Morgan fingerprint density at radius 1 is 1.03 bits per heavy atom. The van der Waals surface area contributed by atoms with E-state index >= 15 is 0 Å². The number of amides is 1. The lowest BCUT2D eigenvalue weighted by atomic mass is 10.2. The second-order valence-electron chi connectivity index (χ2n) is 8.53. The Morgan fingerprint density at radius 2 is 1.73 bits per heavy atom. The van der Waals surface area contributed by atoms with Crippen LogP contribution in [0.4, 0.5) is 5.13 Å². The lowest BCUT2D eigenvalue weighted by Gasteiger charge is -2.20. The van der Waals surface area contributed by atoms with Gasteiger partial charge in [0.25, 0.3) is 5.91 Å². The third-order valence-corrected chi connectivity index (χ3v) is 9.25. The monoisotopic (exact) mass is 538 g/mol. The van der Waals surface area contributed by atoms with Crippen LogP contribution in [-0.4, -0.2) is 55.9 Å². The summed E-state index contributed by atoms with van der Waals surface area (Å²) in [5.74, 6) is 0.888. The number of benzene rings is 2. The molecule has 5 rings (SSSR count). The molecule has 2 aromatic heterocycles. The molecule has 1 amide bonds. The standard InChI is InChI=1S/C26H26N4O5S2/c1-34-21-11-12-22(35-2)24-23(21)28-26(36-24)30(17-18-6-5-13-27-16-18)25(31)19-7-9-20(10-8-19)37(32,33)29-14-3-4-15-29/h5-13,16H,3-4,14-15,17H2,1-2H3. The Labute approximate surface area is 219 Å². The Bertz CT molecular complexity index is 1480. The minimum absolute atomic E-state index is 0.180. The van der Waals surface area contributed by atoms with Crippen molar-refractivity contribution in [2.75, 3.05) is 32.2 Å². The quantitative estimate of drug-likeness (QED) is 0.329. The zero-order valence-electron chi connectivity index (χ0n) is 20.5. The third-order valence-electron chi connectivity index (χ3n) is 6.24. The van der Waals surface area contributed by atoms with E-state index in [1.807, 2.05) is 6.07 Å². The van der Waals surface area contributed by atoms with Crippen molar-refractivity contribution in [3.63, 3.8) is 0 Å². The molecule has 0 N–H and O–H groups in total. The number of thiazole rings is 1. The average molecular weight is 539 g/mol. The van der Waals surface area contributed by atoms with Crippen LogP contribution in [0.2, 0.25) is 0 Å². The largest absolute Gasteiger partial charge is 0.495 e. The SMILES string of the molecule is COc1ccc(OC)c2sc(N(Cc3cccnc3)C(=O)c3ccc(S(=O)(=O)N4CCCC4)cc3)nc12. The van der Waals surface area contributed by atoms with Crippen LogP contribution in [-0.2, 0) is 16.6 Å². The molecular weight excluding hydrogens is 512 g/mol. The number of fused-ring (bicyclic) bond motifs is 1. The van der Waals surface area contributed by atoms with E-state index in [2.05, 4.69) is 4.98 Å². The van der Waals surface area contributed by atoms with Gasteiger partial charge in [0.15, 0.2) is 5.13 Å². The summed E-state index contributed by atoms with van der Waals surface area (Å²) in [6.07, 6.45) is 5.08. The smallest absolute Gasteiger partial charge is 0.260 e. The summed E-state index contributed by atoms with van der Waals surface area (Å²) in [5, 5.41) is 0.459. The Morgan fingerprint density at radius 3 is 2.38 bits per heavy atom. The molecule has 192 valence electrons. The number of pyridine rings is 1. The molecule has 4 aromatic rings. The predicted molar refractivity (Wildman–Crippen MR) is 142 cm³/mol. The van der Waals surface area contributed by atoms with Crippen LogP contribution in [0.25, 0.3) is 10.2 Å². The maximum Gasteiger partial charge on any atom is 0.260 e. The van der Waals surface area contributed by atoms with Gasteiger partial charge in [-0.05, 0) is 60.9 Å². The van der Waals surface area contributed by atoms with Crippen molar-refractivity contribution >= 4 is 42.6 Å². The van der Waals surface area contributed by atoms with E-state index in [1.54, 1.807) is 61.8 Å². The van der Waals surface area contributed by atoms with E-state index in [4.69, 9.17) is 14.5 Å². The fourth-order valence-electron chi connectivity index (χ4n) is 4.29. The highest BCUT2D eigenvalue weighted by Gasteiger charge is 2.28. The second-order valence-corrected chi connectivity index (χ2v) is 11.4. The summed E-state index contributed by atoms with van der Waals surface area (Å²) in [4.78, 5) is 24.5. The van der Waals surface area contributed by atoms with Gasteiger partial charge >= 0.3 is 0 Å². The van der Waals surface area contributed by atoms with Gasteiger partial charge in [0.1, 0.15) is 21.7 Å². The fourth-order valence-corrected chi connectivity index (χ4v) is 6.88. The normalized spacial score (nSPS) is 14.1. The van der Waals surface area contributed by atoms with Crippen molar-refractivity contribution < 1.29 is 22.7 Å². The highest BCUT2D eigenvalue weighted by Crippen LogP contribution is 2.40. The molecule has 11 heteroatoms. The first kappa shape index (κ1) is 25.1. The van der Waals surface area contributed by atoms with E-state index in [9.17, 15) is 13.2 Å². The number of aromatic nitrogens is 2. The number of ether oxygens (including phenoxy) is 2. The van der Waals surface area contributed by atoms with Crippen LogP contribution in [0.3, 0.4) is 0 Å². The lowest BCUT2D eigenvalue weighted by Crippen LogP contribution is -2.31. The van der Waals surface area contributed by atoms with Gasteiger partial charge in [-0.25, -0.2) is 13.4 Å². The summed E-state index contributed by atoms with van der Waals surface area (Å²) >= 11 is 1.32. The first-order valence-corrected chi connectivity index (χ1v) is 14.0. The minimum atomic E-state index is -3.57. The fraction of sp³-hybridized carbons (Fsp3) is 0.269. The number of carbonyl (C=O) groups excluding carboxylic acids is 1. The Hall–Kier alpha value is -3.54. The van der Waals surface area contributed by atoms with Crippen LogP contribution < -0.4 is 14.4 Å². The molecule has 1 fully saturated rings. The molecule has 0 radical (unpaired) electrons. The minimum Gasteiger partial charge on any atom is -0.495 e. The number of carbonyl (C=O) groups is 1. The highest BCUT2D eigenvalue weighted by atomic mass is 32.2.